The van der Waals surface area contributed by atoms with E-state index in [0.29, 0.717) is 13.0 Å². The third-order valence-corrected chi connectivity index (χ3v) is 1.69. The molecule has 0 fully saturated rings. The minimum Gasteiger partial charge on any atom is -0.348 e. The molecule has 0 aliphatic carbocycles. The summed E-state index contributed by atoms with van der Waals surface area (Å²) >= 11 is 0. The third-order valence-electron chi connectivity index (χ3n) is 1.69. The summed E-state index contributed by atoms with van der Waals surface area (Å²) in [6.45, 7) is 1.99. The Morgan fingerprint density at radius 3 is 2.54 bits per heavy atom. The van der Waals surface area contributed by atoms with Gasteiger partial charge < -0.3 is 11.1 Å². The van der Waals surface area contributed by atoms with Crippen molar-refractivity contribution in [3.05, 3.63) is 0 Å². The number of hydrogen-bond acceptors (Lipinski definition) is 2. The Hall–Kier alpha value is -0.710. The highest BCUT2D eigenvalue weighted by atomic mass is 19.3. The SMILES string of the molecule is CCC(=O)NC(CCCN)C(F)F. The molecular formula is C8H16F2N2O. The standard InChI is InChI=1S/C8H16F2N2O/c1-2-7(13)12-6(8(9)10)4-3-5-11/h6,8H,2-5,11H2,1H3,(H,12,13). The Labute approximate surface area is 76.7 Å². The van der Waals surface area contributed by atoms with Crippen LogP contribution >= 0.6 is 0 Å². The summed E-state index contributed by atoms with van der Waals surface area (Å²) in [6, 6.07) is -1.05. The zero-order chi connectivity index (χ0) is 10.3. The van der Waals surface area contributed by atoms with E-state index in [1.165, 1.54) is 0 Å². The first kappa shape index (κ1) is 12.3. The van der Waals surface area contributed by atoms with Gasteiger partial charge in [0, 0.05) is 6.42 Å². The lowest BCUT2D eigenvalue weighted by Gasteiger charge is -2.16. The quantitative estimate of drug-likeness (QED) is 0.659. The first-order chi connectivity index (χ1) is 6.11. The van der Waals surface area contributed by atoms with Crippen molar-refractivity contribution in [2.75, 3.05) is 6.54 Å². The highest BCUT2D eigenvalue weighted by molar-refractivity contribution is 5.75. The lowest BCUT2D eigenvalue weighted by Crippen LogP contribution is -2.39. The zero-order valence-electron chi connectivity index (χ0n) is 7.72. The average molecular weight is 194 g/mol. The molecule has 0 saturated carbocycles. The second-order valence-corrected chi connectivity index (χ2v) is 2.79. The number of amides is 1. The molecule has 0 bridgehead atoms. The second-order valence-electron chi connectivity index (χ2n) is 2.79. The number of carbonyl (C=O) groups is 1. The fourth-order valence-electron chi connectivity index (χ4n) is 0.908. The summed E-state index contributed by atoms with van der Waals surface area (Å²) < 4.78 is 24.5. The molecule has 0 heterocycles. The van der Waals surface area contributed by atoms with Gasteiger partial charge in [0.1, 0.15) is 0 Å². The van der Waals surface area contributed by atoms with Gasteiger partial charge in [-0.15, -0.1) is 0 Å². The molecule has 5 heteroatoms. The van der Waals surface area contributed by atoms with Crippen molar-refractivity contribution >= 4 is 5.91 Å². The van der Waals surface area contributed by atoms with Gasteiger partial charge in [0.05, 0.1) is 6.04 Å². The highest BCUT2D eigenvalue weighted by Crippen LogP contribution is 2.07. The molecular weight excluding hydrogens is 178 g/mol. The number of hydrogen-bond donors (Lipinski definition) is 2. The molecule has 0 aromatic heterocycles. The van der Waals surface area contributed by atoms with E-state index in [1.54, 1.807) is 6.92 Å². The summed E-state index contributed by atoms with van der Waals surface area (Å²) in [4.78, 5) is 10.8. The van der Waals surface area contributed by atoms with E-state index in [-0.39, 0.29) is 18.7 Å². The zero-order valence-corrected chi connectivity index (χ0v) is 7.72. The monoisotopic (exact) mass is 194 g/mol. The molecule has 1 atom stereocenters. The molecule has 3 nitrogen and oxygen atoms in total. The van der Waals surface area contributed by atoms with E-state index in [2.05, 4.69) is 5.32 Å². The maximum atomic E-state index is 12.3. The summed E-state index contributed by atoms with van der Waals surface area (Å²) in [5.74, 6) is -0.345. The number of alkyl halides is 2. The van der Waals surface area contributed by atoms with Crippen LogP contribution in [-0.2, 0) is 4.79 Å². The van der Waals surface area contributed by atoms with Crippen molar-refractivity contribution in [3.8, 4) is 0 Å². The fraction of sp³-hybridized carbons (Fsp3) is 0.875. The van der Waals surface area contributed by atoms with Crippen LogP contribution in [0.1, 0.15) is 26.2 Å². The van der Waals surface area contributed by atoms with E-state index in [0.717, 1.165) is 0 Å². The first-order valence-electron chi connectivity index (χ1n) is 4.39. The van der Waals surface area contributed by atoms with Gasteiger partial charge in [-0.1, -0.05) is 6.92 Å². The number of nitrogens with two attached hydrogens (primary N) is 1. The number of halogens is 2. The van der Waals surface area contributed by atoms with Gasteiger partial charge in [0.15, 0.2) is 0 Å². The largest absolute Gasteiger partial charge is 0.348 e. The lowest BCUT2D eigenvalue weighted by molar-refractivity contribution is -0.122. The first-order valence-corrected chi connectivity index (χ1v) is 4.39. The van der Waals surface area contributed by atoms with Crippen LogP contribution in [0.4, 0.5) is 8.78 Å². The molecule has 0 aromatic carbocycles. The van der Waals surface area contributed by atoms with Crippen LogP contribution < -0.4 is 11.1 Å². The lowest BCUT2D eigenvalue weighted by atomic mass is 10.1. The number of nitrogens with one attached hydrogen (secondary N) is 1. The van der Waals surface area contributed by atoms with Crippen LogP contribution in [0.25, 0.3) is 0 Å². The molecule has 78 valence electrons. The van der Waals surface area contributed by atoms with E-state index >= 15 is 0 Å². The molecule has 0 spiro atoms. The molecule has 3 N–H and O–H groups in total. The van der Waals surface area contributed by atoms with E-state index in [4.69, 9.17) is 5.73 Å². The van der Waals surface area contributed by atoms with Gasteiger partial charge in [0.25, 0.3) is 6.43 Å². The van der Waals surface area contributed by atoms with E-state index in [1.807, 2.05) is 0 Å². The van der Waals surface area contributed by atoms with Crippen molar-refractivity contribution in [3.63, 3.8) is 0 Å². The Kier molecular flexibility index (Phi) is 6.40. The highest BCUT2D eigenvalue weighted by Gasteiger charge is 2.20. The fourth-order valence-corrected chi connectivity index (χ4v) is 0.908. The normalized spacial score (nSPS) is 13.0. The molecule has 13 heavy (non-hydrogen) atoms. The van der Waals surface area contributed by atoms with Crippen molar-refractivity contribution in [1.82, 2.24) is 5.32 Å². The van der Waals surface area contributed by atoms with Gasteiger partial charge in [0.2, 0.25) is 5.91 Å². The van der Waals surface area contributed by atoms with Crippen molar-refractivity contribution < 1.29 is 13.6 Å². The Morgan fingerprint density at radius 1 is 1.54 bits per heavy atom. The topological polar surface area (TPSA) is 55.1 Å². The van der Waals surface area contributed by atoms with Crippen LogP contribution in [-0.4, -0.2) is 24.9 Å². The van der Waals surface area contributed by atoms with Crippen LogP contribution in [0, 0.1) is 0 Å². The molecule has 0 rings (SSSR count). The smallest absolute Gasteiger partial charge is 0.258 e. The van der Waals surface area contributed by atoms with Crippen molar-refractivity contribution in [2.45, 2.75) is 38.7 Å². The predicted octanol–water partition coefficient (Wildman–Crippen LogP) is 0.885. The average Bonchev–Trinajstić information content (AvgIpc) is 2.11. The van der Waals surface area contributed by atoms with Gasteiger partial charge >= 0.3 is 0 Å². The number of carbonyl (C=O) groups excluding carboxylic acids is 1. The molecule has 0 aromatic rings. The van der Waals surface area contributed by atoms with Gasteiger partial charge in [-0.3, -0.25) is 4.79 Å². The summed E-state index contributed by atoms with van der Waals surface area (Å²) in [6.07, 6.45) is -1.55. The predicted molar refractivity (Wildman–Crippen MR) is 46.5 cm³/mol. The minimum absolute atomic E-state index is 0.228. The van der Waals surface area contributed by atoms with E-state index < -0.39 is 12.5 Å². The molecule has 0 aliphatic heterocycles. The maximum Gasteiger partial charge on any atom is 0.258 e. The molecule has 0 aliphatic rings. The van der Waals surface area contributed by atoms with Crippen LogP contribution in [0.15, 0.2) is 0 Å². The van der Waals surface area contributed by atoms with Crippen molar-refractivity contribution in [1.29, 1.82) is 0 Å². The molecule has 1 unspecified atom stereocenters. The van der Waals surface area contributed by atoms with Gasteiger partial charge in [-0.2, -0.15) is 0 Å². The minimum atomic E-state index is -2.51. The summed E-state index contributed by atoms with van der Waals surface area (Å²) in [5, 5.41) is 2.26. The Bertz CT molecular complexity index is 153. The van der Waals surface area contributed by atoms with Gasteiger partial charge in [-0.25, -0.2) is 8.78 Å². The second kappa shape index (κ2) is 6.77. The van der Waals surface area contributed by atoms with Gasteiger partial charge in [-0.05, 0) is 19.4 Å². The Morgan fingerprint density at radius 2 is 2.15 bits per heavy atom. The van der Waals surface area contributed by atoms with Crippen LogP contribution in [0.3, 0.4) is 0 Å². The number of rotatable bonds is 6. The van der Waals surface area contributed by atoms with Crippen LogP contribution in [0.5, 0.6) is 0 Å². The summed E-state index contributed by atoms with van der Waals surface area (Å²) in [7, 11) is 0. The van der Waals surface area contributed by atoms with Crippen molar-refractivity contribution in [2.24, 2.45) is 5.73 Å². The molecule has 0 saturated heterocycles. The maximum absolute atomic E-state index is 12.3. The summed E-state index contributed by atoms with van der Waals surface area (Å²) in [5.41, 5.74) is 5.18. The molecule has 0 radical (unpaired) electrons. The van der Waals surface area contributed by atoms with Crippen LogP contribution in [0.2, 0.25) is 0 Å². The third kappa shape index (κ3) is 5.52. The molecule has 1 amide bonds. The van der Waals surface area contributed by atoms with E-state index in [9.17, 15) is 13.6 Å². The Balaban J connectivity index is 3.87.